The predicted octanol–water partition coefficient (Wildman–Crippen LogP) is 1.91. The normalized spacial score (nSPS) is 9.67. The first-order valence-corrected chi connectivity index (χ1v) is 4.11. The third-order valence-corrected chi connectivity index (χ3v) is 1.53. The second-order valence-electron chi connectivity index (χ2n) is 2.32. The van der Waals surface area contributed by atoms with Crippen LogP contribution >= 0.6 is 23.2 Å². The SMILES string of the molecule is CB(O)Nc1cc(Cl)nc(Cl)c1. The van der Waals surface area contributed by atoms with Gasteiger partial charge in [0.1, 0.15) is 10.3 Å². The first-order valence-electron chi connectivity index (χ1n) is 3.35. The van der Waals surface area contributed by atoms with E-state index < -0.39 is 7.05 Å². The van der Waals surface area contributed by atoms with Gasteiger partial charge in [-0.1, -0.05) is 23.2 Å². The number of hydrogen-bond donors (Lipinski definition) is 2. The summed E-state index contributed by atoms with van der Waals surface area (Å²) in [6.45, 7) is 1.60. The van der Waals surface area contributed by atoms with E-state index in [1.165, 1.54) is 0 Å². The Hall–Kier alpha value is -0.445. The maximum atomic E-state index is 8.97. The molecule has 1 rings (SSSR count). The maximum Gasteiger partial charge on any atom is 0.406 e. The quantitative estimate of drug-likeness (QED) is 0.572. The summed E-state index contributed by atoms with van der Waals surface area (Å²) >= 11 is 11.2. The van der Waals surface area contributed by atoms with Gasteiger partial charge in [0.25, 0.3) is 0 Å². The molecular formula is C6H7BCl2N2O. The summed E-state index contributed by atoms with van der Waals surface area (Å²) < 4.78 is 0. The van der Waals surface area contributed by atoms with Crippen LogP contribution in [0.3, 0.4) is 0 Å². The molecule has 0 atom stereocenters. The van der Waals surface area contributed by atoms with Crippen LogP contribution in [-0.2, 0) is 0 Å². The highest BCUT2D eigenvalue weighted by atomic mass is 35.5. The van der Waals surface area contributed by atoms with Crippen LogP contribution < -0.4 is 5.23 Å². The van der Waals surface area contributed by atoms with Gasteiger partial charge in [0.15, 0.2) is 0 Å². The Morgan fingerprint density at radius 2 is 1.92 bits per heavy atom. The van der Waals surface area contributed by atoms with Crippen molar-refractivity contribution in [3.63, 3.8) is 0 Å². The van der Waals surface area contributed by atoms with Crippen LogP contribution in [0, 0.1) is 0 Å². The van der Waals surface area contributed by atoms with E-state index >= 15 is 0 Å². The van der Waals surface area contributed by atoms with Crippen LogP contribution in [0.4, 0.5) is 5.69 Å². The molecule has 0 saturated heterocycles. The highest BCUT2D eigenvalue weighted by molar-refractivity contribution is 6.52. The summed E-state index contributed by atoms with van der Waals surface area (Å²) in [6, 6.07) is 3.17. The number of aromatic nitrogens is 1. The molecule has 1 aromatic rings. The molecule has 2 N–H and O–H groups in total. The van der Waals surface area contributed by atoms with E-state index in [0.717, 1.165) is 0 Å². The molecule has 0 saturated carbocycles. The topological polar surface area (TPSA) is 45.1 Å². The molecule has 0 radical (unpaired) electrons. The lowest BCUT2D eigenvalue weighted by Gasteiger charge is -2.05. The van der Waals surface area contributed by atoms with Gasteiger partial charge in [-0.25, -0.2) is 4.98 Å². The predicted molar refractivity (Wildman–Crippen MR) is 51.7 cm³/mol. The van der Waals surface area contributed by atoms with Crippen LogP contribution in [-0.4, -0.2) is 17.1 Å². The first-order chi connectivity index (χ1) is 5.58. The highest BCUT2D eigenvalue weighted by Gasteiger charge is 2.04. The molecule has 0 unspecified atom stereocenters. The number of hydrogen-bond acceptors (Lipinski definition) is 3. The molecule has 0 aliphatic rings. The fourth-order valence-electron chi connectivity index (χ4n) is 0.789. The molecule has 0 spiro atoms. The van der Waals surface area contributed by atoms with Gasteiger partial charge >= 0.3 is 7.05 Å². The average molecular weight is 205 g/mol. The number of pyridine rings is 1. The second kappa shape index (κ2) is 3.98. The number of anilines is 1. The molecule has 64 valence electrons. The van der Waals surface area contributed by atoms with Crippen molar-refractivity contribution in [3.05, 3.63) is 22.4 Å². The van der Waals surface area contributed by atoms with E-state index in [1.807, 2.05) is 0 Å². The molecular weight excluding hydrogens is 198 g/mol. The third-order valence-electron chi connectivity index (χ3n) is 1.14. The second-order valence-corrected chi connectivity index (χ2v) is 3.10. The summed E-state index contributed by atoms with van der Waals surface area (Å²) in [7, 11) is -0.639. The number of rotatable bonds is 2. The van der Waals surface area contributed by atoms with Crippen molar-refractivity contribution in [2.45, 2.75) is 6.82 Å². The molecule has 6 heteroatoms. The van der Waals surface area contributed by atoms with Crippen LogP contribution in [0.15, 0.2) is 12.1 Å². The van der Waals surface area contributed by atoms with Crippen molar-refractivity contribution >= 4 is 35.9 Å². The Labute approximate surface area is 80.8 Å². The molecule has 0 aliphatic carbocycles. The van der Waals surface area contributed by atoms with Crippen LogP contribution in [0.5, 0.6) is 0 Å². The number of halogens is 2. The Morgan fingerprint density at radius 1 is 1.42 bits per heavy atom. The maximum absolute atomic E-state index is 8.97. The van der Waals surface area contributed by atoms with Gasteiger partial charge in [0.2, 0.25) is 0 Å². The fourth-order valence-corrected chi connectivity index (χ4v) is 1.25. The molecule has 3 nitrogen and oxygen atoms in total. The largest absolute Gasteiger partial charge is 0.433 e. The minimum absolute atomic E-state index is 0.297. The highest BCUT2D eigenvalue weighted by Crippen LogP contribution is 2.18. The van der Waals surface area contributed by atoms with Crippen molar-refractivity contribution in [3.8, 4) is 0 Å². The minimum Gasteiger partial charge on any atom is -0.433 e. The molecule has 0 amide bonds. The van der Waals surface area contributed by atoms with Gasteiger partial charge in [0, 0.05) is 5.69 Å². The zero-order valence-corrected chi connectivity index (χ0v) is 7.89. The lowest BCUT2D eigenvalue weighted by atomic mass is 9.88. The van der Waals surface area contributed by atoms with E-state index in [1.54, 1.807) is 19.0 Å². The van der Waals surface area contributed by atoms with Crippen molar-refractivity contribution in [1.82, 2.24) is 4.98 Å². The molecule has 12 heavy (non-hydrogen) atoms. The van der Waals surface area contributed by atoms with Gasteiger partial charge in [-0.2, -0.15) is 0 Å². The molecule has 1 heterocycles. The van der Waals surface area contributed by atoms with Crippen LogP contribution in [0.2, 0.25) is 17.1 Å². The summed E-state index contributed by atoms with van der Waals surface area (Å²) in [5.41, 5.74) is 0.648. The Morgan fingerprint density at radius 3 is 2.33 bits per heavy atom. The third kappa shape index (κ3) is 2.89. The summed E-state index contributed by atoms with van der Waals surface area (Å²) in [5, 5.41) is 12.3. The first kappa shape index (κ1) is 9.64. The van der Waals surface area contributed by atoms with E-state index in [0.29, 0.717) is 16.0 Å². The van der Waals surface area contributed by atoms with Gasteiger partial charge in [-0.3, -0.25) is 0 Å². The Balaban J connectivity index is 2.85. The Kier molecular flexibility index (Phi) is 3.20. The fraction of sp³-hybridized carbons (Fsp3) is 0.167. The average Bonchev–Trinajstić information content (AvgIpc) is 1.81. The zero-order chi connectivity index (χ0) is 9.14. The van der Waals surface area contributed by atoms with Gasteiger partial charge < -0.3 is 10.3 Å². The van der Waals surface area contributed by atoms with Crippen LogP contribution in [0.25, 0.3) is 0 Å². The molecule has 0 aromatic carbocycles. The standard InChI is InChI=1S/C6H7BCl2N2O/c1-7(12)11-4-2-5(8)10-6(9)3-4/h2-3,12H,1H3,(H,10,11). The van der Waals surface area contributed by atoms with Gasteiger partial charge in [-0.15, -0.1) is 0 Å². The van der Waals surface area contributed by atoms with E-state index in [4.69, 9.17) is 28.2 Å². The van der Waals surface area contributed by atoms with Crippen molar-refractivity contribution in [2.75, 3.05) is 5.23 Å². The molecule has 1 aromatic heterocycles. The molecule has 0 bridgehead atoms. The smallest absolute Gasteiger partial charge is 0.406 e. The Bertz CT molecular complexity index is 262. The minimum atomic E-state index is -0.639. The lowest BCUT2D eigenvalue weighted by molar-refractivity contribution is 0.587. The van der Waals surface area contributed by atoms with Crippen LogP contribution in [0.1, 0.15) is 0 Å². The summed E-state index contributed by atoms with van der Waals surface area (Å²) in [6.07, 6.45) is 0. The molecule has 0 fully saturated rings. The summed E-state index contributed by atoms with van der Waals surface area (Å²) in [4.78, 5) is 3.75. The summed E-state index contributed by atoms with van der Waals surface area (Å²) in [5.74, 6) is 0. The zero-order valence-electron chi connectivity index (χ0n) is 6.38. The monoisotopic (exact) mass is 204 g/mol. The van der Waals surface area contributed by atoms with Crippen molar-refractivity contribution in [1.29, 1.82) is 0 Å². The van der Waals surface area contributed by atoms with E-state index in [2.05, 4.69) is 10.2 Å². The van der Waals surface area contributed by atoms with Crippen molar-refractivity contribution < 1.29 is 5.02 Å². The van der Waals surface area contributed by atoms with Crippen molar-refractivity contribution in [2.24, 2.45) is 0 Å². The number of nitrogens with zero attached hydrogens (tertiary/aromatic N) is 1. The lowest BCUT2D eigenvalue weighted by Crippen LogP contribution is -2.19. The van der Waals surface area contributed by atoms with Gasteiger partial charge in [0.05, 0.1) is 0 Å². The van der Waals surface area contributed by atoms with E-state index in [9.17, 15) is 0 Å². The van der Waals surface area contributed by atoms with E-state index in [-0.39, 0.29) is 0 Å². The number of nitrogens with one attached hydrogen (secondary N) is 1. The molecule has 0 aliphatic heterocycles. The van der Waals surface area contributed by atoms with Gasteiger partial charge in [-0.05, 0) is 19.0 Å².